The summed E-state index contributed by atoms with van der Waals surface area (Å²) < 4.78 is 15.2. The van der Waals surface area contributed by atoms with E-state index in [1.54, 1.807) is 7.11 Å². The largest absolute Gasteiger partial charge is 0.382 e. The molecule has 0 rings (SSSR count). The van der Waals surface area contributed by atoms with E-state index in [0.29, 0.717) is 13.4 Å². The van der Waals surface area contributed by atoms with E-state index in [-0.39, 0.29) is 6.10 Å². The molecule has 0 bridgehead atoms. The smallest absolute Gasteiger partial charge is 0.147 e. The van der Waals surface area contributed by atoms with Crippen LogP contribution in [0.4, 0.5) is 0 Å². The number of rotatable bonds is 7. The first kappa shape index (κ1) is 10.9. The van der Waals surface area contributed by atoms with Gasteiger partial charge >= 0.3 is 0 Å². The van der Waals surface area contributed by atoms with Gasteiger partial charge in [0.25, 0.3) is 0 Å². The molecule has 1 atom stereocenters. The molecule has 68 valence electrons. The van der Waals surface area contributed by atoms with Crippen molar-refractivity contribution in [3.8, 4) is 0 Å². The van der Waals surface area contributed by atoms with Crippen LogP contribution in [0, 0.1) is 0 Å². The summed E-state index contributed by atoms with van der Waals surface area (Å²) in [6, 6.07) is 0. The van der Waals surface area contributed by atoms with Crippen molar-refractivity contribution in [3.05, 3.63) is 0 Å². The average Bonchev–Trinajstić information content (AvgIpc) is 1.99. The maximum atomic E-state index is 5.24. The molecule has 0 aliphatic heterocycles. The van der Waals surface area contributed by atoms with Gasteiger partial charge in [-0.3, -0.25) is 0 Å². The number of ether oxygens (including phenoxy) is 3. The van der Waals surface area contributed by atoms with Crippen LogP contribution in [0.1, 0.15) is 20.3 Å². The third kappa shape index (κ3) is 7.78. The lowest BCUT2D eigenvalue weighted by Crippen LogP contribution is -2.16. The van der Waals surface area contributed by atoms with Gasteiger partial charge in [-0.05, 0) is 13.3 Å². The predicted molar refractivity (Wildman–Crippen MR) is 43.5 cm³/mol. The summed E-state index contributed by atoms with van der Waals surface area (Å²) >= 11 is 0. The van der Waals surface area contributed by atoms with Crippen LogP contribution in [0.15, 0.2) is 0 Å². The molecule has 0 aromatic rings. The summed E-state index contributed by atoms with van der Waals surface area (Å²) in [7, 11) is 1.66. The maximum Gasteiger partial charge on any atom is 0.147 e. The fraction of sp³-hybridized carbons (Fsp3) is 1.00. The monoisotopic (exact) mass is 162 g/mol. The van der Waals surface area contributed by atoms with Crippen LogP contribution in [0.2, 0.25) is 0 Å². The first-order valence-corrected chi connectivity index (χ1v) is 3.99. The minimum atomic E-state index is 0.122. The van der Waals surface area contributed by atoms with Gasteiger partial charge in [0.15, 0.2) is 0 Å². The van der Waals surface area contributed by atoms with Crippen LogP contribution in [-0.2, 0) is 14.2 Å². The zero-order valence-corrected chi connectivity index (χ0v) is 7.63. The Morgan fingerprint density at radius 1 is 1.36 bits per heavy atom. The van der Waals surface area contributed by atoms with E-state index in [1.807, 2.05) is 6.92 Å². The van der Waals surface area contributed by atoms with Crippen LogP contribution >= 0.6 is 0 Å². The summed E-state index contributed by atoms with van der Waals surface area (Å²) in [5.74, 6) is 0. The standard InChI is InChI=1S/C8H18O3/c1-4-5-10-7-11-8(2)6-9-3/h8H,4-7H2,1-3H3. The zero-order valence-electron chi connectivity index (χ0n) is 7.63. The molecule has 0 aliphatic rings. The lowest BCUT2D eigenvalue weighted by molar-refractivity contribution is -0.0998. The Morgan fingerprint density at radius 3 is 2.64 bits per heavy atom. The first-order valence-electron chi connectivity index (χ1n) is 3.99. The van der Waals surface area contributed by atoms with Crippen LogP contribution < -0.4 is 0 Å². The van der Waals surface area contributed by atoms with Gasteiger partial charge in [0, 0.05) is 13.7 Å². The van der Waals surface area contributed by atoms with Crippen LogP contribution in [-0.4, -0.2) is 33.2 Å². The van der Waals surface area contributed by atoms with Crippen molar-refractivity contribution in [1.29, 1.82) is 0 Å². The van der Waals surface area contributed by atoms with Crippen molar-refractivity contribution < 1.29 is 14.2 Å². The quantitative estimate of drug-likeness (QED) is 0.418. The van der Waals surface area contributed by atoms with Crippen LogP contribution in [0.3, 0.4) is 0 Å². The molecule has 0 aromatic heterocycles. The summed E-state index contributed by atoms with van der Waals surface area (Å²) in [4.78, 5) is 0. The van der Waals surface area contributed by atoms with Gasteiger partial charge in [0.1, 0.15) is 6.79 Å². The van der Waals surface area contributed by atoms with Gasteiger partial charge < -0.3 is 14.2 Å². The van der Waals surface area contributed by atoms with Gasteiger partial charge in [-0.2, -0.15) is 0 Å². The molecule has 11 heavy (non-hydrogen) atoms. The van der Waals surface area contributed by atoms with E-state index in [9.17, 15) is 0 Å². The Labute approximate surface area is 68.6 Å². The molecule has 0 radical (unpaired) electrons. The number of hydrogen-bond donors (Lipinski definition) is 0. The number of hydrogen-bond acceptors (Lipinski definition) is 3. The lowest BCUT2D eigenvalue weighted by atomic mass is 10.4. The highest BCUT2D eigenvalue weighted by Crippen LogP contribution is 1.91. The molecule has 0 heterocycles. The van der Waals surface area contributed by atoms with Gasteiger partial charge in [-0.1, -0.05) is 6.92 Å². The first-order chi connectivity index (χ1) is 5.31. The molecular formula is C8H18O3. The van der Waals surface area contributed by atoms with Gasteiger partial charge in [0.05, 0.1) is 12.7 Å². The molecule has 0 amide bonds. The minimum Gasteiger partial charge on any atom is -0.382 e. The second-order valence-corrected chi connectivity index (χ2v) is 2.46. The molecule has 3 nitrogen and oxygen atoms in total. The summed E-state index contributed by atoms with van der Waals surface area (Å²) in [5.41, 5.74) is 0. The van der Waals surface area contributed by atoms with Crippen molar-refractivity contribution in [3.63, 3.8) is 0 Å². The zero-order chi connectivity index (χ0) is 8.53. The molecule has 3 heteroatoms. The molecule has 0 spiro atoms. The van der Waals surface area contributed by atoms with Crippen molar-refractivity contribution in [2.45, 2.75) is 26.4 Å². The predicted octanol–water partition coefficient (Wildman–Crippen LogP) is 1.42. The third-order valence-electron chi connectivity index (χ3n) is 1.19. The fourth-order valence-electron chi connectivity index (χ4n) is 0.650. The van der Waals surface area contributed by atoms with Crippen molar-refractivity contribution in [1.82, 2.24) is 0 Å². The van der Waals surface area contributed by atoms with Crippen molar-refractivity contribution in [2.24, 2.45) is 0 Å². The highest BCUT2D eigenvalue weighted by molar-refractivity contribution is 4.42. The van der Waals surface area contributed by atoms with E-state index in [2.05, 4.69) is 6.92 Å². The van der Waals surface area contributed by atoms with E-state index >= 15 is 0 Å². The highest BCUT2D eigenvalue weighted by atomic mass is 16.7. The average molecular weight is 162 g/mol. The van der Waals surface area contributed by atoms with Crippen molar-refractivity contribution in [2.75, 3.05) is 27.1 Å². The van der Waals surface area contributed by atoms with Crippen LogP contribution in [0.5, 0.6) is 0 Å². The Bertz CT molecular complexity index is 75.7. The van der Waals surface area contributed by atoms with E-state index in [1.165, 1.54) is 0 Å². The van der Waals surface area contributed by atoms with Crippen LogP contribution in [0.25, 0.3) is 0 Å². The van der Waals surface area contributed by atoms with Gasteiger partial charge in [0.2, 0.25) is 0 Å². The Balaban J connectivity index is 2.97. The Kier molecular flexibility index (Phi) is 7.89. The molecule has 0 N–H and O–H groups in total. The van der Waals surface area contributed by atoms with E-state index < -0.39 is 0 Å². The highest BCUT2D eigenvalue weighted by Gasteiger charge is 1.99. The van der Waals surface area contributed by atoms with Gasteiger partial charge in [-0.25, -0.2) is 0 Å². The van der Waals surface area contributed by atoms with E-state index in [4.69, 9.17) is 14.2 Å². The summed E-state index contributed by atoms with van der Waals surface area (Å²) in [6.07, 6.45) is 1.15. The molecule has 0 fully saturated rings. The maximum absolute atomic E-state index is 5.24. The second-order valence-electron chi connectivity index (χ2n) is 2.46. The SMILES string of the molecule is CCCOCOC(C)COC. The number of methoxy groups -OCH3 is 1. The topological polar surface area (TPSA) is 27.7 Å². The third-order valence-corrected chi connectivity index (χ3v) is 1.19. The molecule has 0 saturated heterocycles. The van der Waals surface area contributed by atoms with Gasteiger partial charge in [-0.15, -0.1) is 0 Å². The Hall–Kier alpha value is -0.120. The van der Waals surface area contributed by atoms with Crippen molar-refractivity contribution >= 4 is 0 Å². The second kappa shape index (κ2) is 7.98. The molecule has 1 unspecified atom stereocenters. The summed E-state index contributed by atoms with van der Waals surface area (Å²) in [6.45, 7) is 5.78. The summed E-state index contributed by atoms with van der Waals surface area (Å²) in [5, 5.41) is 0. The van der Waals surface area contributed by atoms with E-state index in [0.717, 1.165) is 13.0 Å². The Morgan fingerprint density at radius 2 is 2.09 bits per heavy atom. The molecule has 0 aliphatic carbocycles. The molecule has 0 saturated carbocycles. The normalized spacial score (nSPS) is 13.4. The molecule has 0 aromatic carbocycles. The fourth-order valence-corrected chi connectivity index (χ4v) is 0.650. The minimum absolute atomic E-state index is 0.122. The molecular weight excluding hydrogens is 144 g/mol. The lowest BCUT2D eigenvalue weighted by Gasteiger charge is -2.11.